The zero-order chi connectivity index (χ0) is 15.6. The summed E-state index contributed by atoms with van der Waals surface area (Å²) >= 11 is 0. The summed E-state index contributed by atoms with van der Waals surface area (Å²) in [4.78, 5) is 2.25. The smallest absolute Gasteiger partial charge is 0.329 e. The Morgan fingerprint density at radius 3 is 2.62 bits per heavy atom. The first kappa shape index (κ1) is 16.3. The summed E-state index contributed by atoms with van der Waals surface area (Å²) < 4.78 is 38.6. The first-order valence-corrected chi connectivity index (χ1v) is 7.46. The molecule has 1 aliphatic rings. The number of hydrogen-bond acceptors (Lipinski definition) is 2. The Kier molecular flexibility index (Phi) is 4.94. The predicted octanol–water partition coefficient (Wildman–Crippen LogP) is 3.83. The molecular weight excluding hydrogens is 277 g/mol. The molecule has 2 rings (SSSR count). The first-order chi connectivity index (χ1) is 9.82. The van der Waals surface area contributed by atoms with E-state index in [4.69, 9.17) is 5.73 Å². The van der Waals surface area contributed by atoms with Gasteiger partial charge in [0.2, 0.25) is 0 Å². The number of alkyl halides is 3. The molecule has 0 amide bonds. The lowest BCUT2D eigenvalue weighted by molar-refractivity contribution is -0.137. The molecule has 1 heterocycles. The maximum Gasteiger partial charge on any atom is 0.416 e. The van der Waals surface area contributed by atoms with E-state index in [-0.39, 0.29) is 6.04 Å². The van der Waals surface area contributed by atoms with Gasteiger partial charge in [0, 0.05) is 18.6 Å². The average Bonchev–Trinajstić information content (AvgIpc) is 2.41. The number of likely N-dealkylation sites (tertiary alicyclic amines) is 1. The number of nitrogens with zero attached hydrogens (tertiary/aromatic N) is 1. The highest BCUT2D eigenvalue weighted by atomic mass is 19.4. The minimum absolute atomic E-state index is 0.144. The second-order valence-electron chi connectivity index (χ2n) is 6.09. The third-order valence-corrected chi connectivity index (χ3v) is 4.41. The van der Waals surface area contributed by atoms with Crippen molar-refractivity contribution in [2.24, 2.45) is 11.7 Å². The summed E-state index contributed by atoms with van der Waals surface area (Å²) in [6.07, 6.45) is -2.17. The van der Waals surface area contributed by atoms with Crippen LogP contribution in [0, 0.1) is 5.92 Å². The van der Waals surface area contributed by atoms with Crippen molar-refractivity contribution in [3.8, 4) is 0 Å². The van der Waals surface area contributed by atoms with Crippen LogP contribution in [0.3, 0.4) is 0 Å². The minimum Gasteiger partial charge on any atom is -0.329 e. The third-order valence-electron chi connectivity index (χ3n) is 4.41. The van der Waals surface area contributed by atoms with Gasteiger partial charge in [0.05, 0.1) is 5.56 Å². The molecular formula is C16H23F3N2. The average molecular weight is 300 g/mol. The lowest BCUT2D eigenvalue weighted by Gasteiger charge is -2.41. The van der Waals surface area contributed by atoms with E-state index < -0.39 is 11.7 Å². The van der Waals surface area contributed by atoms with Crippen molar-refractivity contribution >= 4 is 0 Å². The Morgan fingerprint density at radius 2 is 2.05 bits per heavy atom. The Morgan fingerprint density at radius 1 is 1.33 bits per heavy atom. The SMILES string of the molecule is CC1CCN(C(CN)c2cccc(C(F)(F)F)c2)C(C)C1. The van der Waals surface area contributed by atoms with Gasteiger partial charge in [0.15, 0.2) is 0 Å². The van der Waals surface area contributed by atoms with Crippen LogP contribution in [0.2, 0.25) is 0 Å². The van der Waals surface area contributed by atoms with Gasteiger partial charge in [-0.25, -0.2) is 0 Å². The van der Waals surface area contributed by atoms with Crippen molar-refractivity contribution in [1.82, 2.24) is 4.90 Å². The molecule has 1 aliphatic heterocycles. The molecule has 5 heteroatoms. The van der Waals surface area contributed by atoms with Crippen molar-refractivity contribution in [3.63, 3.8) is 0 Å². The molecule has 21 heavy (non-hydrogen) atoms. The van der Waals surface area contributed by atoms with Crippen LogP contribution in [0.5, 0.6) is 0 Å². The number of piperidine rings is 1. The molecule has 1 saturated heterocycles. The number of rotatable bonds is 3. The van der Waals surface area contributed by atoms with Gasteiger partial charge in [-0.2, -0.15) is 13.2 Å². The topological polar surface area (TPSA) is 29.3 Å². The van der Waals surface area contributed by atoms with E-state index in [1.807, 2.05) is 0 Å². The highest BCUT2D eigenvalue weighted by Gasteiger charge is 2.33. The molecule has 1 fully saturated rings. The summed E-state index contributed by atoms with van der Waals surface area (Å²) in [5, 5.41) is 0. The van der Waals surface area contributed by atoms with Gasteiger partial charge >= 0.3 is 6.18 Å². The van der Waals surface area contributed by atoms with E-state index in [2.05, 4.69) is 18.7 Å². The van der Waals surface area contributed by atoms with E-state index in [9.17, 15) is 13.2 Å². The van der Waals surface area contributed by atoms with Gasteiger partial charge in [-0.3, -0.25) is 4.90 Å². The molecule has 3 unspecified atom stereocenters. The highest BCUT2D eigenvalue weighted by Crippen LogP contribution is 2.34. The molecule has 0 radical (unpaired) electrons. The van der Waals surface area contributed by atoms with E-state index in [0.29, 0.717) is 24.1 Å². The number of benzene rings is 1. The summed E-state index contributed by atoms with van der Waals surface area (Å²) in [7, 11) is 0. The van der Waals surface area contributed by atoms with Crippen LogP contribution >= 0.6 is 0 Å². The van der Waals surface area contributed by atoms with E-state index in [1.54, 1.807) is 6.07 Å². The van der Waals surface area contributed by atoms with Crippen LogP contribution in [0.15, 0.2) is 24.3 Å². The maximum absolute atomic E-state index is 12.9. The predicted molar refractivity (Wildman–Crippen MR) is 77.8 cm³/mol. The molecule has 1 aromatic rings. The van der Waals surface area contributed by atoms with Gasteiger partial charge < -0.3 is 5.73 Å². The highest BCUT2D eigenvalue weighted by molar-refractivity contribution is 5.28. The van der Waals surface area contributed by atoms with Gasteiger partial charge in [-0.05, 0) is 49.9 Å². The minimum atomic E-state index is -4.31. The summed E-state index contributed by atoms with van der Waals surface area (Å²) in [6.45, 7) is 5.57. The van der Waals surface area contributed by atoms with Crippen molar-refractivity contribution in [2.75, 3.05) is 13.1 Å². The Balaban J connectivity index is 2.25. The molecule has 0 bridgehead atoms. The van der Waals surface area contributed by atoms with Crippen molar-refractivity contribution < 1.29 is 13.2 Å². The first-order valence-electron chi connectivity index (χ1n) is 7.46. The van der Waals surface area contributed by atoms with Crippen LogP contribution in [0.1, 0.15) is 43.9 Å². The van der Waals surface area contributed by atoms with Crippen molar-refractivity contribution in [2.45, 2.75) is 44.9 Å². The molecule has 0 aromatic heterocycles. The Labute approximate surface area is 124 Å². The molecule has 0 spiro atoms. The number of halogens is 3. The van der Waals surface area contributed by atoms with Gasteiger partial charge in [-0.1, -0.05) is 19.1 Å². The Bertz CT molecular complexity index is 473. The molecule has 0 aliphatic carbocycles. The van der Waals surface area contributed by atoms with E-state index >= 15 is 0 Å². The van der Waals surface area contributed by atoms with Crippen LogP contribution in [-0.4, -0.2) is 24.0 Å². The summed E-state index contributed by atoms with van der Waals surface area (Å²) in [6, 6.07) is 5.77. The van der Waals surface area contributed by atoms with Gasteiger partial charge in [0.1, 0.15) is 0 Å². The lowest BCUT2D eigenvalue weighted by Crippen LogP contribution is -2.45. The van der Waals surface area contributed by atoms with E-state index in [1.165, 1.54) is 12.1 Å². The van der Waals surface area contributed by atoms with E-state index in [0.717, 1.165) is 25.5 Å². The largest absolute Gasteiger partial charge is 0.416 e. The molecule has 2 N–H and O–H groups in total. The molecule has 118 valence electrons. The summed E-state index contributed by atoms with van der Waals surface area (Å²) in [5.74, 6) is 0.663. The molecule has 2 nitrogen and oxygen atoms in total. The van der Waals surface area contributed by atoms with Crippen molar-refractivity contribution in [1.29, 1.82) is 0 Å². The third kappa shape index (κ3) is 3.77. The fourth-order valence-corrected chi connectivity index (χ4v) is 3.27. The molecule has 3 atom stereocenters. The summed E-state index contributed by atoms with van der Waals surface area (Å²) in [5.41, 5.74) is 5.93. The molecule has 0 saturated carbocycles. The van der Waals surface area contributed by atoms with Crippen molar-refractivity contribution in [3.05, 3.63) is 35.4 Å². The maximum atomic E-state index is 12.9. The quantitative estimate of drug-likeness (QED) is 0.919. The molecule has 1 aromatic carbocycles. The second-order valence-corrected chi connectivity index (χ2v) is 6.09. The second kappa shape index (κ2) is 6.36. The van der Waals surface area contributed by atoms with Crippen LogP contribution in [0.4, 0.5) is 13.2 Å². The zero-order valence-electron chi connectivity index (χ0n) is 12.5. The van der Waals surface area contributed by atoms with Gasteiger partial charge in [-0.15, -0.1) is 0 Å². The number of nitrogens with two attached hydrogens (primary N) is 1. The monoisotopic (exact) mass is 300 g/mol. The lowest BCUT2D eigenvalue weighted by atomic mass is 9.90. The van der Waals surface area contributed by atoms with Crippen LogP contribution in [0.25, 0.3) is 0 Å². The fourth-order valence-electron chi connectivity index (χ4n) is 3.27. The van der Waals surface area contributed by atoms with Crippen LogP contribution < -0.4 is 5.73 Å². The Hall–Kier alpha value is -1.07. The zero-order valence-corrected chi connectivity index (χ0v) is 12.5. The fraction of sp³-hybridized carbons (Fsp3) is 0.625. The normalized spacial score (nSPS) is 25.8. The number of hydrogen-bond donors (Lipinski definition) is 1. The standard InChI is InChI=1S/C16H23F3N2/c1-11-6-7-21(12(2)8-11)15(10-20)13-4-3-5-14(9-13)16(17,18)19/h3-5,9,11-12,15H,6-8,10,20H2,1-2H3. The van der Waals surface area contributed by atoms with Gasteiger partial charge in [0.25, 0.3) is 0 Å². The van der Waals surface area contributed by atoms with Crippen LogP contribution in [-0.2, 0) is 6.18 Å².